The number of aliphatic hydroxyl groups is 1. The van der Waals surface area contributed by atoms with Gasteiger partial charge in [0.15, 0.2) is 6.54 Å². The lowest BCUT2D eigenvalue weighted by Crippen LogP contribution is -2.77. The highest BCUT2D eigenvalue weighted by Gasteiger charge is 2.09. The molecule has 0 unspecified atom stereocenters. The van der Waals surface area contributed by atoms with E-state index in [4.69, 9.17) is 28.2 Å². The Morgan fingerprint density at radius 1 is 0.926 bits per heavy atom. The predicted molar refractivity (Wildman–Crippen MR) is 87.2 cm³/mol. The highest BCUT2D eigenvalue weighted by Crippen LogP contribution is 2.22. The van der Waals surface area contributed by atoms with E-state index in [0.717, 1.165) is 27.7 Å². The van der Waals surface area contributed by atoms with E-state index in [1.165, 1.54) is 11.1 Å². The van der Waals surface area contributed by atoms with Crippen LogP contribution in [0.4, 0.5) is 0 Å². The molecule has 3 rings (SSSR count). The summed E-state index contributed by atoms with van der Waals surface area (Å²) in [6.45, 7) is 4.74. The first-order valence-electron chi connectivity index (χ1n) is 8.08. The number of fused-ring (bicyclic) bond motifs is 1. The quantitative estimate of drug-likeness (QED) is 0.484. The summed E-state index contributed by atoms with van der Waals surface area (Å²) in [5.74, 6) is 0.816. The average molecular weight is 394 g/mol. The van der Waals surface area contributed by atoms with Gasteiger partial charge in [0.25, 0.3) is 0 Å². The lowest BCUT2D eigenvalue weighted by molar-refractivity contribution is -2.00. The lowest BCUT2D eigenvalue weighted by atomic mass is 10.1. The third-order valence-electron chi connectivity index (χ3n) is 3.68. The van der Waals surface area contributed by atoms with Gasteiger partial charge in [-0.2, -0.15) is 0 Å². The second kappa shape index (κ2) is 9.09. The van der Waals surface area contributed by atoms with Gasteiger partial charge >= 0.3 is 0 Å². The number of halogens is 1. The largest absolute Gasteiger partial charge is 0.456 e. The third kappa shape index (κ3) is 6.76. The number of benzene rings is 2. The molecule has 2 N–H and O–H groups in total. The van der Waals surface area contributed by atoms with Crippen LogP contribution >= 0.6 is 0 Å². The minimum Gasteiger partial charge on any atom is -0.456 e. The molecule has 0 aliphatic heterocycles. The van der Waals surface area contributed by atoms with E-state index in [1.807, 2.05) is 18.2 Å². The van der Waals surface area contributed by atoms with Crippen LogP contribution in [0.25, 0.3) is 22.3 Å². The maximum absolute atomic E-state index is 9.09. The Balaban J connectivity index is 0.000000465. The van der Waals surface area contributed by atoms with Gasteiger partial charge in [-0.05, 0) is 26.0 Å². The van der Waals surface area contributed by atoms with Gasteiger partial charge in [-0.15, -0.1) is 10.2 Å². The van der Waals surface area contributed by atoms with Gasteiger partial charge in [0.2, 0.25) is 5.36 Å². The highest BCUT2D eigenvalue weighted by atomic mass is 35.7. The van der Waals surface area contributed by atoms with E-state index in [9.17, 15) is 0 Å². The summed E-state index contributed by atoms with van der Waals surface area (Å²) in [5, 5.41) is 11.1. The van der Waals surface area contributed by atoms with Crippen LogP contribution in [0.3, 0.4) is 0 Å². The van der Waals surface area contributed by atoms with Crippen LogP contribution < -0.4 is 29.0 Å². The van der Waals surface area contributed by atoms with Gasteiger partial charge in [-0.1, -0.05) is 41.5 Å². The molecule has 0 atom stereocenters. The Morgan fingerprint density at radius 3 is 2.11 bits per heavy atom. The van der Waals surface area contributed by atoms with E-state index in [0.29, 0.717) is 6.54 Å². The zero-order valence-electron chi connectivity index (χ0n) is 14.9. The van der Waals surface area contributed by atoms with Gasteiger partial charge in [0.05, 0.1) is 11.5 Å². The fourth-order valence-electron chi connectivity index (χ4n) is 2.50. The fraction of sp³-hybridized carbons (Fsp3) is 0.211. The van der Waals surface area contributed by atoms with Crippen LogP contribution in [0.15, 0.2) is 52.9 Å². The van der Waals surface area contributed by atoms with Gasteiger partial charge in [-0.25, -0.2) is 23.6 Å². The number of aliphatic hydroxyl groups excluding tert-OH is 1. The van der Waals surface area contributed by atoms with E-state index in [-0.39, 0.29) is 6.61 Å². The zero-order valence-corrected chi connectivity index (χ0v) is 15.7. The van der Waals surface area contributed by atoms with Crippen LogP contribution in [0.5, 0.6) is 0 Å². The molecule has 2 aromatic carbocycles. The molecule has 0 saturated carbocycles. The molecule has 0 amide bonds. The monoisotopic (exact) mass is 393 g/mol. The molecule has 27 heavy (non-hydrogen) atoms. The second-order valence-corrected chi connectivity index (χ2v) is 6.67. The van der Waals surface area contributed by atoms with Crippen molar-refractivity contribution in [3.8, 4) is 11.3 Å². The molecule has 1 aromatic heterocycles. The van der Waals surface area contributed by atoms with Crippen molar-refractivity contribution in [2.24, 2.45) is 0 Å². The molecule has 0 saturated heterocycles. The minimum absolute atomic E-state index is 0.0964. The van der Waals surface area contributed by atoms with E-state index in [1.54, 1.807) is 0 Å². The van der Waals surface area contributed by atoms with Crippen LogP contribution in [-0.4, -0.2) is 18.3 Å². The van der Waals surface area contributed by atoms with Crippen molar-refractivity contribution in [3.05, 3.63) is 65.0 Å². The Bertz CT molecular complexity index is 955. The number of aryl methyl sites for hydroxylation is 2. The Hall–Kier alpha value is -2.26. The van der Waals surface area contributed by atoms with E-state index in [2.05, 4.69) is 49.2 Å². The van der Waals surface area contributed by atoms with Crippen LogP contribution in [-0.2, 0) is 0 Å². The van der Waals surface area contributed by atoms with Crippen molar-refractivity contribution < 1.29 is 43.4 Å². The third-order valence-corrected chi connectivity index (χ3v) is 3.68. The van der Waals surface area contributed by atoms with E-state index < -0.39 is 10.2 Å². The predicted octanol–water partition coefficient (Wildman–Crippen LogP) is -3.07. The Labute approximate surface area is 158 Å². The summed E-state index contributed by atoms with van der Waals surface area (Å²) in [4.78, 5) is 3.28. The first-order valence-corrected chi connectivity index (χ1v) is 9.32. The second-order valence-electron chi connectivity index (χ2n) is 5.92. The number of nitrogens with one attached hydrogen (secondary N) is 1. The van der Waals surface area contributed by atoms with Gasteiger partial charge in [0.1, 0.15) is 18.0 Å². The minimum atomic E-state index is -4.94. The van der Waals surface area contributed by atoms with Crippen molar-refractivity contribution in [3.63, 3.8) is 0 Å². The number of hydrogen-bond donors (Lipinski definition) is 2. The van der Waals surface area contributed by atoms with Crippen molar-refractivity contribution in [1.29, 1.82) is 0 Å². The lowest BCUT2D eigenvalue weighted by Gasteiger charge is -2.17. The van der Waals surface area contributed by atoms with Crippen LogP contribution in [0.2, 0.25) is 0 Å². The molecule has 0 fully saturated rings. The average Bonchev–Trinajstić information content (AvgIpc) is 2.59. The molecule has 8 heteroatoms. The topological polar surface area (TPSA) is 140 Å². The van der Waals surface area contributed by atoms with Crippen molar-refractivity contribution in [1.82, 2.24) is 0 Å². The first kappa shape index (κ1) is 21.0. The maximum atomic E-state index is 9.09. The molecule has 0 aliphatic rings. The van der Waals surface area contributed by atoms with Crippen LogP contribution in [0.1, 0.15) is 11.1 Å². The summed E-state index contributed by atoms with van der Waals surface area (Å²) in [5.41, 5.74) is 4.28. The molecule has 0 aliphatic carbocycles. The van der Waals surface area contributed by atoms with Crippen molar-refractivity contribution in [2.75, 3.05) is 13.2 Å². The van der Waals surface area contributed by atoms with Gasteiger partial charge < -0.3 is 9.52 Å². The van der Waals surface area contributed by atoms with Crippen LogP contribution in [0, 0.1) is 24.1 Å². The first-order chi connectivity index (χ1) is 12.7. The molecule has 3 aromatic rings. The Kier molecular flexibility index (Phi) is 7.09. The fourth-order valence-corrected chi connectivity index (χ4v) is 2.50. The Morgan fingerprint density at radius 2 is 1.52 bits per heavy atom. The standard InChI is InChI=1S/C19H19NO2.ClHO4/c1-13-3-6-15(7-4-13)19-12-17(20-9-10-21)16-11-14(2)5-8-18(16)22-19;2-1(3,4)5/h3-8,11-12,21H,9-10H2,1-2H3;(H,2,3,4,5). The van der Waals surface area contributed by atoms with Gasteiger partial charge in [-0.3, -0.25) is 0 Å². The van der Waals surface area contributed by atoms with Crippen molar-refractivity contribution >= 4 is 11.0 Å². The number of hydrogen-bond acceptors (Lipinski definition) is 6. The summed E-state index contributed by atoms with van der Waals surface area (Å²) < 4.78 is 40.0. The SMILES string of the molecule is Cc1ccc(-c2cc(=[NH+]CCO)c3cc(C)ccc3o2)cc1.[O-][Cl+3]([O-])([O-])[O-]. The maximum Gasteiger partial charge on any atom is 0.213 e. The molecule has 1 heterocycles. The highest BCUT2D eigenvalue weighted by molar-refractivity contribution is 5.78. The smallest absolute Gasteiger partial charge is 0.213 e. The molecule has 144 valence electrons. The summed E-state index contributed by atoms with van der Waals surface area (Å²) in [6, 6.07) is 16.4. The summed E-state index contributed by atoms with van der Waals surface area (Å²) in [7, 11) is -4.94. The molecule has 0 spiro atoms. The molecule has 7 nitrogen and oxygen atoms in total. The summed E-state index contributed by atoms with van der Waals surface area (Å²) in [6.07, 6.45) is 0. The van der Waals surface area contributed by atoms with Gasteiger partial charge in [0, 0.05) is 5.56 Å². The number of rotatable bonds is 3. The van der Waals surface area contributed by atoms with Crippen molar-refractivity contribution in [2.45, 2.75) is 13.8 Å². The molecule has 0 bridgehead atoms. The van der Waals surface area contributed by atoms with E-state index >= 15 is 0 Å². The molecular formula is C19H20ClNO6. The zero-order chi connectivity index (χ0) is 20.0. The summed E-state index contributed by atoms with van der Waals surface area (Å²) >= 11 is 0. The molecular weight excluding hydrogens is 374 g/mol. The normalized spacial score (nSPS) is 12.0. The molecule has 0 radical (unpaired) electrons.